The van der Waals surface area contributed by atoms with Crippen LogP contribution in [-0.4, -0.2) is 29.5 Å². The van der Waals surface area contributed by atoms with E-state index in [4.69, 9.17) is 9.47 Å². The van der Waals surface area contributed by atoms with Crippen molar-refractivity contribution >= 4 is 22.2 Å². The van der Waals surface area contributed by atoms with Gasteiger partial charge in [-0.25, -0.2) is 4.98 Å². The van der Waals surface area contributed by atoms with Gasteiger partial charge in [0.05, 0.1) is 26.3 Å². The van der Waals surface area contributed by atoms with Crippen molar-refractivity contribution in [3.8, 4) is 22.8 Å². The number of methoxy groups -OCH3 is 2. The monoisotopic (exact) mass is 407 g/mol. The van der Waals surface area contributed by atoms with Crippen molar-refractivity contribution in [3.63, 3.8) is 0 Å². The second kappa shape index (κ2) is 8.36. The quantitative estimate of drug-likeness (QED) is 0.504. The van der Waals surface area contributed by atoms with Gasteiger partial charge in [-0.3, -0.25) is 9.20 Å². The first-order valence-electron chi connectivity index (χ1n) is 9.16. The largest absolute Gasteiger partial charge is 0.497 e. The summed E-state index contributed by atoms with van der Waals surface area (Å²) < 4.78 is 12.3. The number of amides is 1. The molecule has 0 saturated carbocycles. The predicted molar refractivity (Wildman–Crippen MR) is 114 cm³/mol. The van der Waals surface area contributed by atoms with Gasteiger partial charge in [-0.1, -0.05) is 12.1 Å². The normalized spacial score (nSPS) is 10.8. The molecule has 0 aliphatic heterocycles. The van der Waals surface area contributed by atoms with E-state index in [1.807, 2.05) is 64.5 Å². The van der Waals surface area contributed by atoms with Crippen LogP contribution in [0.3, 0.4) is 0 Å². The van der Waals surface area contributed by atoms with Gasteiger partial charge in [0.2, 0.25) is 5.91 Å². The predicted octanol–water partition coefficient (Wildman–Crippen LogP) is 3.94. The Bertz CT molecular complexity index is 1110. The fourth-order valence-corrected chi connectivity index (χ4v) is 3.90. The zero-order valence-corrected chi connectivity index (χ0v) is 17.0. The summed E-state index contributed by atoms with van der Waals surface area (Å²) in [7, 11) is 3.28. The van der Waals surface area contributed by atoms with E-state index in [0.717, 1.165) is 39.0 Å². The molecule has 0 saturated heterocycles. The van der Waals surface area contributed by atoms with Gasteiger partial charge in [0.15, 0.2) is 4.96 Å². The number of imidazole rings is 1. The molecule has 0 aliphatic carbocycles. The molecule has 2 aromatic heterocycles. The van der Waals surface area contributed by atoms with Gasteiger partial charge in [-0.2, -0.15) is 0 Å². The van der Waals surface area contributed by atoms with Crippen molar-refractivity contribution in [3.05, 3.63) is 71.4 Å². The average Bonchev–Trinajstić information content (AvgIpc) is 3.35. The number of hydrogen-bond acceptors (Lipinski definition) is 5. The highest BCUT2D eigenvalue weighted by molar-refractivity contribution is 7.15. The molecule has 0 atom stereocenters. The third-order valence-corrected chi connectivity index (χ3v) is 5.55. The number of carbonyl (C=O) groups excluding carboxylic acids is 1. The van der Waals surface area contributed by atoms with Gasteiger partial charge in [-0.15, -0.1) is 11.3 Å². The number of fused-ring (bicyclic) bond motifs is 1. The zero-order chi connectivity index (χ0) is 20.2. The minimum absolute atomic E-state index is 0.0276. The Labute approximate surface area is 172 Å². The summed E-state index contributed by atoms with van der Waals surface area (Å²) in [5.41, 5.74) is 3.83. The molecule has 0 fully saturated rings. The molecule has 29 heavy (non-hydrogen) atoms. The second-order valence-corrected chi connectivity index (χ2v) is 7.37. The van der Waals surface area contributed by atoms with Gasteiger partial charge < -0.3 is 14.8 Å². The smallest absolute Gasteiger partial charge is 0.226 e. The van der Waals surface area contributed by atoms with Crippen LogP contribution < -0.4 is 14.8 Å². The molecule has 4 aromatic rings. The van der Waals surface area contributed by atoms with E-state index in [1.54, 1.807) is 14.2 Å². The van der Waals surface area contributed by atoms with Gasteiger partial charge in [0, 0.05) is 29.4 Å². The van der Waals surface area contributed by atoms with Crippen molar-refractivity contribution in [1.29, 1.82) is 0 Å². The zero-order valence-electron chi connectivity index (χ0n) is 16.2. The third kappa shape index (κ3) is 4.25. The molecule has 0 bridgehead atoms. The summed E-state index contributed by atoms with van der Waals surface area (Å²) in [6.45, 7) is 0.483. The molecular weight excluding hydrogens is 386 g/mol. The SMILES string of the molecule is COc1ccc(CNC(=O)Cc2csc3nc(-c4ccc(OC)cc4)cn23)cc1. The summed E-state index contributed by atoms with van der Waals surface area (Å²) in [4.78, 5) is 18.0. The highest BCUT2D eigenvalue weighted by Gasteiger charge is 2.12. The molecule has 7 heteroatoms. The first-order valence-corrected chi connectivity index (χ1v) is 10.0. The van der Waals surface area contributed by atoms with Crippen LogP contribution in [-0.2, 0) is 17.8 Å². The van der Waals surface area contributed by atoms with Crippen molar-refractivity contribution < 1.29 is 14.3 Å². The Hall–Kier alpha value is -3.32. The molecule has 2 aromatic carbocycles. The number of thiazole rings is 1. The van der Waals surface area contributed by atoms with Gasteiger partial charge >= 0.3 is 0 Å². The van der Waals surface area contributed by atoms with Gasteiger partial charge in [0.25, 0.3) is 0 Å². The van der Waals surface area contributed by atoms with Crippen LogP contribution in [0.1, 0.15) is 11.3 Å². The van der Waals surface area contributed by atoms with Crippen LogP contribution in [0.2, 0.25) is 0 Å². The second-order valence-electron chi connectivity index (χ2n) is 6.54. The number of nitrogens with zero attached hydrogens (tertiary/aromatic N) is 2. The van der Waals surface area contributed by atoms with Crippen molar-refractivity contribution in [2.45, 2.75) is 13.0 Å². The Morgan fingerprint density at radius 2 is 1.69 bits per heavy atom. The number of hydrogen-bond donors (Lipinski definition) is 1. The van der Waals surface area contributed by atoms with E-state index < -0.39 is 0 Å². The summed E-state index contributed by atoms with van der Waals surface area (Å²) in [6, 6.07) is 15.4. The molecule has 0 spiro atoms. The lowest BCUT2D eigenvalue weighted by molar-refractivity contribution is -0.120. The number of rotatable bonds is 7. The van der Waals surface area contributed by atoms with Gasteiger partial charge in [-0.05, 0) is 42.0 Å². The van der Waals surface area contributed by atoms with E-state index in [0.29, 0.717) is 13.0 Å². The summed E-state index contributed by atoms with van der Waals surface area (Å²) >= 11 is 1.53. The molecule has 4 rings (SSSR count). The highest BCUT2D eigenvalue weighted by Crippen LogP contribution is 2.25. The fraction of sp³-hybridized carbons (Fsp3) is 0.182. The average molecular weight is 407 g/mol. The highest BCUT2D eigenvalue weighted by atomic mass is 32.1. The Balaban J connectivity index is 1.43. The van der Waals surface area contributed by atoms with E-state index in [9.17, 15) is 4.79 Å². The van der Waals surface area contributed by atoms with E-state index in [-0.39, 0.29) is 5.91 Å². The molecule has 0 unspecified atom stereocenters. The molecular formula is C22H21N3O3S. The topological polar surface area (TPSA) is 64.9 Å². The number of carbonyl (C=O) groups is 1. The summed E-state index contributed by atoms with van der Waals surface area (Å²) in [6.07, 6.45) is 2.27. The number of aromatic nitrogens is 2. The standard InChI is InChI=1S/C22H21N3O3S/c1-27-18-7-3-15(4-8-18)12-23-21(26)11-17-14-29-22-24-20(13-25(17)22)16-5-9-19(28-2)10-6-16/h3-10,13-14H,11-12H2,1-2H3,(H,23,26). The van der Waals surface area contributed by atoms with Crippen molar-refractivity contribution in [2.75, 3.05) is 14.2 Å². The van der Waals surface area contributed by atoms with Crippen LogP contribution in [0.5, 0.6) is 11.5 Å². The van der Waals surface area contributed by atoms with Crippen LogP contribution in [0.4, 0.5) is 0 Å². The number of benzene rings is 2. The molecule has 6 nitrogen and oxygen atoms in total. The lowest BCUT2D eigenvalue weighted by Crippen LogP contribution is -2.24. The maximum atomic E-state index is 12.4. The molecule has 0 aliphatic rings. The molecule has 148 valence electrons. The lowest BCUT2D eigenvalue weighted by Gasteiger charge is -2.06. The molecule has 1 N–H and O–H groups in total. The van der Waals surface area contributed by atoms with Crippen molar-refractivity contribution in [1.82, 2.24) is 14.7 Å². The van der Waals surface area contributed by atoms with E-state index in [2.05, 4.69) is 10.3 Å². The van der Waals surface area contributed by atoms with Crippen LogP contribution in [0, 0.1) is 0 Å². The minimum atomic E-state index is -0.0276. The third-order valence-electron chi connectivity index (χ3n) is 4.66. The maximum absolute atomic E-state index is 12.4. The Morgan fingerprint density at radius 1 is 1.03 bits per heavy atom. The summed E-state index contributed by atoms with van der Waals surface area (Å²) in [5.74, 6) is 1.58. The van der Waals surface area contributed by atoms with Crippen LogP contribution >= 0.6 is 11.3 Å². The first-order chi connectivity index (χ1) is 14.2. The summed E-state index contributed by atoms with van der Waals surface area (Å²) in [5, 5.41) is 4.95. The van der Waals surface area contributed by atoms with E-state index in [1.165, 1.54) is 11.3 Å². The maximum Gasteiger partial charge on any atom is 0.226 e. The van der Waals surface area contributed by atoms with E-state index >= 15 is 0 Å². The Morgan fingerprint density at radius 3 is 2.34 bits per heavy atom. The minimum Gasteiger partial charge on any atom is -0.497 e. The van der Waals surface area contributed by atoms with Crippen molar-refractivity contribution in [2.24, 2.45) is 0 Å². The van der Waals surface area contributed by atoms with Gasteiger partial charge in [0.1, 0.15) is 11.5 Å². The van der Waals surface area contributed by atoms with Crippen LogP contribution in [0.15, 0.2) is 60.1 Å². The molecule has 1 amide bonds. The Kier molecular flexibility index (Phi) is 5.48. The lowest BCUT2D eigenvalue weighted by atomic mass is 10.1. The molecule has 0 radical (unpaired) electrons. The molecule has 2 heterocycles. The first kappa shape index (κ1) is 19.0. The number of nitrogens with one attached hydrogen (secondary N) is 1. The number of ether oxygens (including phenoxy) is 2. The van der Waals surface area contributed by atoms with Crippen LogP contribution in [0.25, 0.3) is 16.2 Å². The fourth-order valence-electron chi connectivity index (χ4n) is 3.03.